The second-order valence-electron chi connectivity index (χ2n) is 11.2. The monoisotopic (exact) mass is 585 g/mol. The molecule has 5 aliphatic heterocycles. The third-order valence-electron chi connectivity index (χ3n) is 8.41. The lowest BCUT2D eigenvalue weighted by atomic mass is 10.0. The van der Waals surface area contributed by atoms with Crippen LogP contribution < -0.4 is 15.1 Å². The van der Waals surface area contributed by atoms with Gasteiger partial charge in [-0.1, -0.05) is 17.0 Å². The molecule has 7 rings (SSSR count). The Morgan fingerprint density at radius 2 is 1.79 bits per heavy atom. The van der Waals surface area contributed by atoms with Crippen LogP contribution in [0.5, 0.6) is 0 Å². The molecule has 223 valence electrons. The highest BCUT2D eigenvalue weighted by atomic mass is 16.7. The van der Waals surface area contributed by atoms with E-state index in [4.69, 9.17) is 14.2 Å². The van der Waals surface area contributed by atoms with Crippen LogP contribution in [0, 0.1) is 0 Å². The molecule has 3 saturated heterocycles. The average molecular weight is 586 g/mol. The number of nitrogens with zero attached hydrogens (tertiary/aromatic N) is 6. The van der Waals surface area contributed by atoms with Gasteiger partial charge in [0, 0.05) is 57.1 Å². The fraction of sp³-hybridized carbons (Fsp3) is 0.419. The Bertz CT molecular complexity index is 1450. The average Bonchev–Trinajstić information content (AvgIpc) is 3.72. The molecule has 1 N–H and O–H groups in total. The van der Waals surface area contributed by atoms with Gasteiger partial charge in [0.15, 0.2) is 12.0 Å². The summed E-state index contributed by atoms with van der Waals surface area (Å²) < 4.78 is 17.0. The molecule has 1 radical (unpaired) electrons. The fourth-order valence-corrected chi connectivity index (χ4v) is 6.03. The van der Waals surface area contributed by atoms with E-state index < -0.39 is 5.79 Å². The Hall–Kier alpha value is -4.10. The molecule has 2 aromatic rings. The molecule has 0 bridgehead atoms. The first-order chi connectivity index (χ1) is 21.1. The SMILES string of the molecule is O=C(Cc1cccc(N2C=C(Nc3ccc(C(=O)N4CCOCC4)cn3)C3=NC=C[N+]3C2)c1)N1CCC2(CC1)OCCO2. The second kappa shape index (κ2) is 11.9. The third kappa shape index (κ3) is 5.91. The molecule has 1 aromatic carbocycles. The van der Waals surface area contributed by atoms with Crippen LogP contribution in [0.15, 0.2) is 71.9 Å². The molecule has 3 fully saturated rings. The maximum atomic E-state index is 13.2. The maximum absolute atomic E-state index is 13.2. The van der Waals surface area contributed by atoms with Crippen LogP contribution in [0.1, 0.15) is 28.8 Å². The van der Waals surface area contributed by atoms with Crippen LogP contribution in [0.4, 0.5) is 11.5 Å². The lowest BCUT2D eigenvalue weighted by Crippen LogP contribution is -2.47. The van der Waals surface area contributed by atoms with Crippen molar-refractivity contribution >= 4 is 29.2 Å². The summed E-state index contributed by atoms with van der Waals surface area (Å²) in [5, 5.41) is 3.38. The molecule has 0 saturated carbocycles. The molecule has 0 aliphatic carbocycles. The van der Waals surface area contributed by atoms with Crippen molar-refractivity contribution in [3.8, 4) is 0 Å². The van der Waals surface area contributed by atoms with Crippen LogP contribution in [0.25, 0.3) is 0 Å². The predicted molar refractivity (Wildman–Crippen MR) is 159 cm³/mol. The summed E-state index contributed by atoms with van der Waals surface area (Å²) in [7, 11) is 0. The van der Waals surface area contributed by atoms with Crippen molar-refractivity contribution in [3.05, 3.63) is 78.0 Å². The summed E-state index contributed by atoms with van der Waals surface area (Å²) in [6, 6.07) is 11.7. The number of rotatable bonds is 6. The Morgan fingerprint density at radius 1 is 0.977 bits per heavy atom. The number of carbonyl (C=O) groups is 2. The van der Waals surface area contributed by atoms with Gasteiger partial charge in [-0.3, -0.25) is 14.5 Å². The van der Waals surface area contributed by atoms with Gasteiger partial charge in [0.2, 0.25) is 12.6 Å². The molecule has 1 aromatic heterocycles. The fourth-order valence-electron chi connectivity index (χ4n) is 6.03. The molecule has 0 unspecified atom stereocenters. The lowest BCUT2D eigenvalue weighted by Gasteiger charge is -2.37. The van der Waals surface area contributed by atoms with Gasteiger partial charge in [0.25, 0.3) is 5.91 Å². The number of aromatic nitrogens is 1. The number of fused-ring (bicyclic) bond motifs is 1. The lowest BCUT2D eigenvalue weighted by molar-refractivity contribution is -0.187. The number of pyridine rings is 1. The first kappa shape index (κ1) is 27.7. The van der Waals surface area contributed by atoms with Crippen molar-refractivity contribution in [2.45, 2.75) is 25.0 Å². The van der Waals surface area contributed by atoms with Crippen LogP contribution in [-0.4, -0.2) is 97.5 Å². The van der Waals surface area contributed by atoms with Gasteiger partial charge in [-0.25, -0.2) is 4.98 Å². The minimum absolute atomic E-state index is 0.0413. The van der Waals surface area contributed by atoms with Crippen molar-refractivity contribution in [1.82, 2.24) is 19.7 Å². The smallest absolute Gasteiger partial charge is 0.308 e. The highest BCUT2D eigenvalue weighted by molar-refractivity contribution is 6.06. The summed E-state index contributed by atoms with van der Waals surface area (Å²) in [5.74, 6) is 0.973. The van der Waals surface area contributed by atoms with Gasteiger partial charge >= 0.3 is 5.84 Å². The van der Waals surface area contributed by atoms with Crippen LogP contribution >= 0.6 is 0 Å². The zero-order valence-electron chi connectivity index (χ0n) is 24.0. The van der Waals surface area contributed by atoms with E-state index in [0.717, 1.165) is 22.8 Å². The number of likely N-dealkylation sites (tertiary alicyclic amines) is 1. The number of hydrogen-bond acceptors (Lipinski definition) is 10. The van der Waals surface area contributed by atoms with Gasteiger partial charge < -0.3 is 29.3 Å². The highest BCUT2D eigenvalue weighted by Gasteiger charge is 2.41. The molecule has 12 nitrogen and oxygen atoms in total. The standard InChI is InChI=1S/C31H35N7O5/c39-28(35-9-6-31(7-10-35)42-16-17-43-31)19-23-2-1-3-25(18-23)38-21-26(29-32-8-11-37(29)22-38)34-27-5-4-24(20-33-27)30(40)36-12-14-41-15-13-36/h1-5,8,11,18,20-21H,6-7,9-10,12-17,19,22H2,(H,33,34)/q+1. The third-order valence-corrected chi connectivity index (χ3v) is 8.41. The van der Waals surface area contributed by atoms with E-state index in [1.807, 2.05) is 40.4 Å². The van der Waals surface area contributed by atoms with E-state index in [1.165, 1.54) is 0 Å². The number of amidine groups is 1. The molecule has 2 amide bonds. The van der Waals surface area contributed by atoms with Gasteiger partial charge in [-0.05, 0) is 29.8 Å². The topological polar surface area (TPSA) is 115 Å². The zero-order chi connectivity index (χ0) is 29.2. The number of hydrogen-bond donors (Lipinski definition) is 1. The molecular weight excluding hydrogens is 550 g/mol. The van der Waals surface area contributed by atoms with Crippen molar-refractivity contribution in [2.24, 2.45) is 4.99 Å². The van der Waals surface area contributed by atoms with Crippen molar-refractivity contribution < 1.29 is 23.8 Å². The Morgan fingerprint density at radius 3 is 2.56 bits per heavy atom. The number of nitrogens with one attached hydrogen (secondary N) is 1. The number of piperidine rings is 1. The quantitative estimate of drug-likeness (QED) is 0.514. The Labute approximate surface area is 250 Å². The molecular formula is C31H35N7O5+. The van der Waals surface area contributed by atoms with Gasteiger partial charge in [0.05, 0.1) is 44.6 Å². The summed E-state index contributed by atoms with van der Waals surface area (Å²) in [6.07, 6.45) is 9.06. The maximum Gasteiger partial charge on any atom is 0.308 e. The van der Waals surface area contributed by atoms with E-state index in [9.17, 15) is 9.59 Å². The number of aliphatic imine (C=N–C) groups is 1. The number of morpholine rings is 1. The number of carbonyl (C=O) groups excluding carboxylic acids is 2. The van der Waals surface area contributed by atoms with E-state index >= 15 is 0 Å². The van der Waals surface area contributed by atoms with E-state index in [0.29, 0.717) is 89.9 Å². The number of benzene rings is 1. The van der Waals surface area contributed by atoms with E-state index in [-0.39, 0.29) is 11.8 Å². The first-order valence-corrected chi connectivity index (χ1v) is 14.8. The van der Waals surface area contributed by atoms with Gasteiger partial charge in [-0.2, -0.15) is 4.99 Å². The predicted octanol–water partition coefficient (Wildman–Crippen LogP) is 2.22. The summed E-state index contributed by atoms with van der Waals surface area (Å²) >= 11 is 0. The van der Waals surface area contributed by atoms with E-state index in [1.54, 1.807) is 29.4 Å². The molecule has 1 spiro atoms. The van der Waals surface area contributed by atoms with Crippen molar-refractivity contribution in [3.63, 3.8) is 0 Å². The van der Waals surface area contributed by atoms with Crippen molar-refractivity contribution in [2.75, 3.05) is 69.5 Å². The number of anilines is 2. The number of ether oxygens (including phenoxy) is 3. The summed E-state index contributed by atoms with van der Waals surface area (Å²) in [5.41, 5.74) is 3.24. The minimum atomic E-state index is -0.493. The van der Waals surface area contributed by atoms with Crippen molar-refractivity contribution in [1.29, 1.82) is 0 Å². The number of amides is 2. The normalized spacial score (nSPS) is 21.5. The van der Waals surface area contributed by atoms with Crippen LogP contribution in [0.2, 0.25) is 0 Å². The summed E-state index contributed by atoms with van der Waals surface area (Å²) in [4.78, 5) is 42.9. The van der Waals surface area contributed by atoms with E-state index in [2.05, 4.69) is 26.3 Å². The molecule has 5 aliphatic rings. The molecule has 43 heavy (non-hydrogen) atoms. The molecule has 12 heteroatoms. The minimum Gasteiger partial charge on any atom is -0.378 e. The molecule has 6 heterocycles. The first-order valence-electron chi connectivity index (χ1n) is 14.8. The van der Waals surface area contributed by atoms with Crippen LogP contribution in [0.3, 0.4) is 0 Å². The highest BCUT2D eigenvalue weighted by Crippen LogP contribution is 2.32. The zero-order valence-corrected chi connectivity index (χ0v) is 24.0. The molecule has 0 atom stereocenters. The van der Waals surface area contributed by atoms with Gasteiger partial charge in [0.1, 0.15) is 11.5 Å². The van der Waals surface area contributed by atoms with Crippen LogP contribution in [-0.2, 0) is 25.4 Å². The summed E-state index contributed by atoms with van der Waals surface area (Å²) in [6.45, 7) is 5.40. The largest absolute Gasteiger partial charge is 0.378 e. The Balaban J connectivity index is 1.03. The Kier molecular flexibility index (Phi) is 7.66. The second-order valence-corrected chi connectivity index (χ2v) is 11.2. The van der Waals surface area contributed by atoms with Gasteiger partial charge in [-0.15, -0.1) is 0 Å².